The third kappa shape index (κ3) is 4.49. The molecule has 150 valence electrons. The van der Waals surface area contributed by atoms with Crippen LogP contribution in [0.3, 0.4) is 0 Å². The van der Waals surface area contributed by atoms with Gasteiger partial charge in [-0.2, -0.15) is 0 Å². The van der Waals surface area contributed by atoms with E-state index < -0.39 is 30.0 Å². The first-order chi connectivity index (χ1) is 13.9. The van der Waals surface area contributed by atoms with Crippen molar-refractivity contribution in [3.8, 4) is 0 Å². The van der Waals surface area contributed by atoms with E-state index in [9.17, 15) is 19.2 Å². The average molecular weight is 414 g/mol. The summed E-state index contributed by atoms with van der Waals surface area (Å²) in [5, 5.41) is 4.93. The lowest BCUT2D eigenvalue weighted by Crippen LogP contribution is -2.38. The highest BCUT2D eigenvalue weighted by atomic mass is 32.1. The van der Waals surface area contributed by atoms with Crippen molar-refractivity contribution < 1.29 is 19.1 Å². The van der Waals surface area contributed by atoms with Crippen molar-refractivity contribution in [1.82, 2.24) is 14.9 Å². The molecule has 0 aliphatic carbocycles. The molecule has 0 fully saturated rings. The summed E-state index contributed by atoms with van der Waals surface area (Å²) in [7, 11) is 0. The number of benzene rings is 1. The summed E-state index contributed by atoms with van der Waals surface area (Å²) in [4.78, 5) is 53.7. The molecule has 0 saturated carbocycles. The van der Waals surface area contributed by atoms with E-state index in [-0.39, 0.29) is 12.0 Å². The van der Waals surface area contributed by atoms with Crippen LogP contribution in [0, 0.1) is 6.92 Å². The summed E-state index contributed by atoms with van der Waals surface area (Å²) >= 11 is 1.06. The predicted octanol–water partition coefficient (Wildman–Crippen LogP) is 2.29. The fraction of sp³-hybridized carbons (Fsp3) is 0.211. The Balaban J connectivity index is 1.76. The summed E-state index contributed by atoms with van der Waals surface area (Å²) in [6.45, 7) is 3.15. The van der Waals surface area contributed by atoms with Gasteiger partial charge >= 0.3 is 12.0 Å². The SMILES string of the molecule is CCOC(=O)c1sc2ncn(CC(=O)NC(=O)Nc3ccccc3)c(=O)c2c1C. The van der Waals surface area contributed by atoms with E-state index in [1.54, 1.807) is 44.2 Å². The lowest BCUT2D eigenvalue weighted by Gasteiger charge is -2.08. The number of nitrogens with one attached hydrogen (secondary N) is 2. The maximum Gasteiger partial charge on any atom is 0.348 e. The summed E-state index contributed by atoms with van der Waals surface area (Å²) in [5.74, 6) is -1.20. The molecule has 1 aromatic carbocycles. The third-order valence-electron chi connectivity index (χ3n) is 3.98. The number of thiophene rings is 1. The average Bonchev–Trinajstić information content (AvgIpc) is 3.02. The van der Waals surface area contributed by atoms with Crippen LogP contribution in [0.2, 0.25) is 0 Å². The van der Waals surface area contributed by atoms with Crippen molar-refractivity contribution in [2.75, 3.05) is 11.9 Å². The minimum Gasteiger partial charge on any atom is -0.462 e. The fourth-order valence-corrected chi connectivity index (χ4v) is 3.70. The second kappa shape index (κ2) is 8.65. The van der Waals surface area contributed by atoms with Gasteiger partial charge < -0.3 is 10.1 Å². The summed E-state index contributed by atoms with van der Waals surface area (Å²) < 4.78 is 6.08. The zero-order chi connectivity index (χ0) is 21.0. The van der Waals surface area contributed by atoms with Gasteiger partial charge in [0.1, 0.15) is 16.3 Å². The standard InChI is InChI=1S/C19H18N4O5S/c1-3-28-18(26)15-11(2)14-16(29-15)20-10-23(17(14)25)9-13(24)22-19(27)21-12-7-5-4-6-8-12/h4-8,10H,3,9H2,1-2H3,(H2,21,22,24,27). The minimum atomic E-state index is -0.709. The minimum absolute atomic E-state index is 0.218. The van der Waals surface area contributed by atoms with E-state index >= 15 is 0 Å². The number of imide groups is 1. The number of urea groups is 1. The molecule has 3 rings (SSSR count). The number of esters is 1. The molecule has 0 spiro atoms. The molecule has 0 unspecified atom stereocenters. The van der Waals surface area contributed by atoms with Crippen LogP contribution in [0.25, 0.3) is 10.2 Å². The molecule has 0 radical (unpaired) electrons. The monoisotopic (exact) mass is 414 g/mol. The Labute approximate surface area is 169 Å². The molecule has 9 nitrogen and oxygen atoms in total. The maximum atomic E-state index is 12.8. The molecule has 2 N–H and O–H groups in total. The Kier molecular flexibility index (Phi) is 6.03. The van der Waals surface area contributed by atoms with Gasteiger partial charge in [0.15, 0.2) is 0 Å². The number of hydrogen-bond donors (Lipinski definition) is 2. The lowest BCUT2D eigenvalue weighted by molar-refractivity contribution is -0.120. The number of nitrogens with zero attached hydrogens (tertiary/aromatic N) is 2. The van der Waals surface area contributed by atoms with E-state index in [0.29, 0.717) is 21.0 Å². The number of rotatable bonds is 5. The van der Waals surface area contributed by atoms with Gasteiger partial charge in [0.25, 0.3) is 5.56 Å². The molecule has 29 heavy (non-hydrogen) atoms. The second-order valence-corrected chi connectivity index (χ2v) is 7.00. The van der Waals surface area contributed by atoms with Gasteiger partial charge in [-0.3, -0.25) is 19.5 Å². The van der Waals surface area contributed by atoms with Crippen molar-refractivity contribution in [1.29, 1.82) is 0 Å². The number of hydrogen-bond acceptors (Lipinski definition) is 7. The van der Waals surface area contributed by atoms with E-state index in [1.165, 1.54) is 6.33 Å². The van der Waals surface area contributed by atoms with Crippen LogP contribution in [0.1, 0.15) is 22.2 Å². The highest BCUT2D eigenvalue weighted by molar-refractivity contribution is 7.20. The van der Waals surface area contributed by atoms with Crippen LogP contribution in [0.4, 0.5) is 10.5 Å². The number of carbonyl (C=O) groups excluding carboxylic acids is 3. The van der Waals surface area contributed by atoms with Gasteiger partial charge in [-0.1, -0.05) is 18.2 Å². The van der Waals surface area contributed by atoms with Crippen LogP contribution in [-0.2, 0) is 16.1 Å². The first-order valence-electron chi connectivity index (χ1n) is 8.72. The molecule has 3 aromatic rings. The Morgan fingerprint density at radius 2 is 1.93 bits per heavy atom. The van der Waals surface area contributed by atoms with Gasteiger partial charge in [-0.05, 0) is 31.5 Å². The highest BCUT2D eigenvalue weighted by Crippen LogP contribution is 2.27. The largest absolute Gasteiger partial charge is 0.462 e. The van der Waals surface area contributed by atoms with E-state index in [1.807, 2.05) is 0 Å². The second-order valence-electron chi connectivity index (χ2n) is 6.00. The molecular formula is C19H18N4O5S. The molecule has 0 atom stereocenters. The van der Waals surface area contributed by atoms with E-state index in [4.69, 9.17) is 4.74 Å². The molecule has 0 aliphatic heterocycles. The molecule has 3 amide bonds. The van der Waals surface area contributed by atoms with Crippen LogP contribution in [0.5, 0.6) is 0 Å². The molecular weight excluding hydrogens is 396 g/mol. The van der Waals surface area contributed by atoms with Gasteiger partial charge in [0, 0.05) is 5.69 Å². The Morgan fingerprint density at radius 1 is 1.21 bits per heavy atom. The van der Waals surface area contributed by atoms with Crippen molar-refractivity contribution >= 4 is 45.1 Å². The highest BCUT2D eigenvalue weighted by Gasteiger charge is 2.21. The number of ether oxygens (including phenoxy) is 1. The fourth-order valence-electron chi connectivity index (χ4n) is 2.67. The summed E-state index contributed by atoms with van der Waals surface area (Å²) in [6, 6.07) is 7.92. The van der Waals surface area contributed by atoms with Crippen molar-refractivity contribution in [3.63, 3.8) is 0 Å². The number of anilines is 1. The molecule has 0 bridgehead atoms. The van der Waals surface area contributed by atoms with Crippen LogP contribution >= 0.6 is 11.3 Å². The first kappa shape index (κ1) is 20.2. The van der Waals surface area contributed by atoms with Crippen LogP contribution < -0.4 is 16.2 Å². The maximum absolute atomic E-state index is 12.8. The van der Waals surface area contributed by atoms with Gasteiger partial charge in [0.05, 0.1) is 18.3 Å². The smallest absolute Gasteiger partial charge is 0.348 e. The topological polar surface area (TPSA) is 119 Å². The first-order valence-corrected chi connectivity index (χ1v) is 9.54. The quantitative estimate of drug-likeness (QED) is 0.618. The van der Waals surface area contributed by atoms with Gasteiger partial charge in [-0.25, -0.2) is 14.6 Å². The molecule has 2 aromatic heterocycles. The Bertz CT molecular complexity index is 1140. The summed E-state index contributed by atoms with van der Waals surface area (Å²) in [6.07, 6.45) is 1.21. The molecule has 0 aliphatic rings. The van der Waals surface area contributed by atoms with E-state index in [2.05, 4.69) is 15.6 Å². The molecule has 0 saturated heterocycles. The number of fused-ring (bicyclic) bond motifs is 1. The van der Waals surface area contributed by atoms with Gasteiger partial charge in [-0.15, -0.1) is 11.3 Å². The van der Waals surface area contributed by atoms with Gasteiger partial charge in [0.2, 0.25) is 5.91 Å². The Morgan fingerprint density at radius 3 is 2.62 bits per heavy atom. The number of para-hydroxylation sites is 1. The molecule has 10 heteroatoms. The third-order valence-corrected chi connectivity index (χ3v) is 5.16. The van der Waals surface area contributed by atoms with Crippen molar-refractivity contribution in [2.45, 2.75) is 20.4 Å². The lowest BCUT2D eigenvalue weighted by atomic mass is 10.2. The molecule has 2 heterocycles. The van der Waals surface area contributed by atoms with Crippen molar-refractivity contribution in [2.24, 2.45) is 0 Å². The normalized spacial score (nSPS) is 10.6. The van der Waals surface area contributed by atoms with E-state index in [0.717, 1.165) is 15.9 Å². The summed E-state index contributed by atoms with van der Waals surface area (Å²) in [5.41, 5.74) is 0.508. The number of aryl methyl sites for hydroxylation is 1. The van der Waals surface area contributed by atoms with Crippen molar-refractivity contribution in [3.05, 3.63) is 57.5 Å². The zero-order valence-electron chi connectivity index (χ0n) is 15.7. The number of carbonyl (C=O) groups is 3. The number of aromatic nitrogens is 2. The van der Waals surface area contributed by atoms with Crippen LogP contribution in [-0.4, -0.2) is 34.1 Å². The Hall–Kier alpha value is -3.53. The zero-order valence-corrected chi connectivity index (χ0v) is 16.5. The predicted molar refractivity (Wildman–Crippen MR) is 108 cm³/mol. The number of amides is 3. The van der Waals surface area contributed by atoms with Crippen LogP contribution in [0.15, 0.2) is 41.5 Å².